The van der Waals surface area contributed by atoms with Crippen LogP contribution in [0.25, 0.3) is 0 Å². The summed E-state index contributed by atoms with van der Waals surface area (Å²) in [4.78, 5) is 0.220. The van der Waals surface area contributed by atoms with E-state index in [9.17, 15) is 8.42 Å². The van der Waals surface area contributed by atoms with E-state index in [1.165, 1.54) is 14.2 Å². The van der Waals surface area contributed by atoms with Crippen molar-refractivity contribution in [3.05, 3.63) is 23.8 Å². The maximum atomic E-state index is 11.9. The Balaban J connectivity index is 2.89. The van der Waals surface area contributed by atoms with E-state index in [0.29, 0.717) is 30.0 Å². The lowest BCUT2D eigenvalue weighted by atomic mass is 10.2. The van der Waals surface area contributed by atoms with Gasteiger partial charge in [0.15, 0.2) is 0 Å². The first-order chi connectivity index (χ1) is 9.39. The average Bonchev–Trinajstić information content (AvgIpc) is 2.38. The van der Waals surface area contributed by atoms with Gasteiger partial charge < -0.3 is 15.2 Å². The molecule has 8 heteroatoms. The van der Waals surface area contributed by atoms with E-state index in [1.54, 1.807) is 18.2 Å². The number of sulfonamides is 1. The molecular formula is C12H18N2O4S2. The first kappa shape index (κ1) is 16.7. The second-order valence-electron chi connectivity index (χ2n) is 4.05. The fourth-order valence-electron chi connectivity index (χ4n) is 1.54. The molecule has 1 aromatic carbocycles. The van der Waals surface area contributed by atoms with Gasteiger partial charge in [0.1, 0.15) is 10.7 Å². The van der Waals surface area contributed by atoms with E-state index in [0.717, 1.165) is 0 Å². The van der Waals surface area contributed by atoms with Gasteiger partial charge in [-0.05, 0) is 24.6 Å². The van der Waals surface area contributed by atoms with Gasteiger partial charge in [0.2, 0.25) is 10.0 Å². The molecule has 112 valence electrons. The molecule has 6 nitrogen and oxygen atoms in total. The summed E-state index contributed by atoms with van der Waals surface area (Å²) in [5, 5.41) is 0. The molecule has 0 aromatic heterocycles. The van der Waals surface area contributed by atoms with Crippen molar-refractivity contribution >= 4 is 32.9 Å². The van der Waals surface area contributed by atoms with E-state index in [2.05, 4.69) is 4.72 Å². The van der Waals surface area contributed by atoms with Crippen LogP contribution in [0, 0.1) is 0 Å². The number of nitrogens with two attached hydrogens (primary N) is 1. The number of hydrogen-bond donors (Lipinski definition) is 2. The van der Waals surface area contributed by atoms with Crippen molar-refractivity contribution in [1.29, 1.82) is 0 Å². The lowest BCUT2D eigenvalue weighted by molar-refractivity contribution is 0.199. The van der Waals surface area contributed by atoms with E-state index in [-0.39, 0.29) is 10.7 Å². The van der Waals surface area contributed by atoms with Gasteiger partial charge in [0.05, 0.1) is 18.6 Å². The van der Waals surface area contributed by atoms with Crippen molar-refractivity contribution in [2.75, 3.05) is 31.3 Å². The first-order valence-corrected chi connectivity index (χ1v) is 7.93. The Hall–Kier alpha value is -1.38. The average molecular weight is 318 g/mol. The molecule has 0 saturated heterocycles. The highest BCUT2D eigenvalue weighted by atomic mass is 32.2. The van der Waals surface area contributed by atoms with Crippen molar-refractivity contribution in [1.82, 2.24) is 0 Å². The summed E-state index contributed by atoms with van der Waals surface area (Å²) in [6.07, 6.45) is 0.416. The molecule has 3 N–H and O–H groups in total. The molecular weight excluding hydrogens is 300 g/mol. The van der Waals surface area contributed by atoms with Gasteiger partial charge in [0, 0.05) is 19.3 Å². The minimum atomic E-state index is -3.45. The second-order valence-corrected chi connectivity index (χ2v) is 6.33. The van der Waals surface area contributed by atoms with Gasteiger partial charge in [-0.1, -0.05) is 12.2 Å². The molecule has 0 radical (unpaired) electrons. The summed E-state index contributed by atoms with van der Waals surface area (Å²) in [6, 6.07) is 4.80. The van der Waals surface area contributed by atoms with Gasteiger partial charge in [-0.25, -0.2) is 8.42 Å². The fraction of sp³-hybridized carbons (Fsp3) is 0.417. The summed E-state index contributed by atoms with van der Waals surface area (Å²) in [5.74, 6) is 0.340. The Bertz CT molecular complexity index is 573. The van der Waals surface area contributed by atoms with Crippen LogP contribution in [0.2, 0.25) is 0 Å². The lowest BCUT2D eigenvalue weighted by Crippen LogP contribution is -2.18. The van der Waals surface area contributed by atoms with Crippen molar-refractivity contribution in [3.63, 3.8) is 0 Å². The van der Waals surface area contributed by atoms with Crippen LogP contribution in [-0.2, 0) is 14.8 Å². The molecule has 0 amide bonds. The Kier molecular flexibility index (Phi) is 6.18. The molecule has 1 aromatic rings. The number of nitrogens with one attached hydrogen (secondary N) is 1. The van der Waals surface area contributed by atoms with Crippen molar-refractivity contribution in [3.8, 4) is 5.75 Å². The third-order valence-corrected chi connectivity index (χ3v) is 4.11. The molecule has 0 spiro atoms. The monoisotopic (exact) mass is 318 g/mol. The van der Waals surface area contributed by atoms with Crippen LogP contribution in [0.15, 0.2) is 18.2 Å². The molecule has 0 heterocycles. The van der Waals surface area contributed by atoms with Crippen LogP contribution >= 0.6 is 12.2 Å². The highest BCUT2D eigenvalue weighted by Gasteiger charge is 2.14. The highest BCUT2D eigenvalue weighted by molar-refractivity contribution is 7.92. The van der Waals surface area contributed by atoms with Gasteiger partial charge in [-0.3, -0.25) is 4.72 Å². The normalized spacial score (nSPS) is 11.1. The summed E-state index contributed by atoms with van der Waals surface area (Å²) < 4.78 is 36.2. The topological polar surface area (TPSA) is 90.7 Å². The summed E-state index contributed by atoms with van der Waals surface area (Å²) in [5.41, 5.74) is 6.48. The lowest BCUT2D eigenvalue weighted by Gasteiger charge is -2.12. The zero-order valence-electron chi connectivity index (χ0n) is 11.4. The molecule has 0 aliphatic heterocycles. The molecule has 0 unspecified atom stereocenters. The molecule has 0 aliphatic rings. The smallest absolute Gasteiger partial charge is 0.232 e. The molecule has 20 heavy (non-hydrogen) atoms. The number of rotatable bonds is 8. The predicted octanol–water partition coefficient (Wildman–Crippen LogP) is 1.11. The van der Waals surface area contributed by atoms with Crippen molar-refractivity contribution in [2.24, 2.45) is 5.73 Å². The number of benzene rings is 1. The minimum absolute atomic E-state index is 0.0267. The Morgan fingerprint density at radius 1 is 1.40 bits per heavy atom. The molecule has 0 atom stereocenters. The number of ether oxygens (including phenoxy) is 2. The van der Waals surface area contributed by atoms with Crippen LogP contribution in [0.5, 0.6) is 5.75 Å². The third-order valence-electron chi connectivity index (χ3n) is 2.51. The molecule has 0 saturated carbocycles. The first-order valence-electron chi connectivity index (χ1n) is 5.87. The number of methoxy groups -OCH3 is 2. The van der Waals surface area contributed by atoms with Crippen molar-refractivity contribution < 1.29 is 17.9 Å². The van der Waals surface area contributed by atoms with Gasteiger partial charge in [-0.15, -0.1) is 0 Å². The van der Waals surface area contributed by atoms with Gasteiger partial charge in [0.25, 0.3) is 0 Å². The van der Waals surface area contributed by atoms with E-state index in [4.69, 9.17) is 27.4 Å². The summed E-state index contributed by atoms with van der Waals surface area (Å²) in [6.45, 7) is 0.387. The van der Waals surface area contributed by atoms with Crippen LogP contribution in [0.4, 0.5) is 5.69 Å². The Labute approximate surface area is 124 Å². The van der Waals surface area contributed by atoms with Gasteiger partial charge in [-0.2, -0.15) is 0 Å². The molecule has 0 fully saturated rings. The van der Waals surface area contributed by atoms with Crippen molar-refractivity contribution in [2.45, 2.75) is 6.42 Å². The van der Waals surface area contributed by atoms with Crippen LogP contribution in [0.3, 0.4) is 0 Å². The number of anilines is 1. The quantitative estimate of drug-likeness (QED) is 0.551. The SMILES string of the molecule is COCCCS(=O)(=O)Nc1ccc(C(N)=S)cc1OC. The summed E-state index contributed by atoms with van der Waals surface area (Å²) in [7, 11) is -0.476. The maximum absolute atomic E-state index is 11.9. The number of hydrogen-bond acceptors (Lipinski definition) is 5. The van der Waals surface area contributed by atoms with E-state index >= 15 is 0 Å². The van der Waals surface area contributed by atoms with Gasteiger partial charge >= 0.3 is 0 Å². The highest BCUT2D eigenvalue weighted by Crippen LogP contribution is 2.26. The maximum Gasteiger partial charge on any atom is 0.232 e. The standard InChI is InChI=1S/C12H18N2O4S2/c1-17-6-3-7-20(15,16)14-10-5-4-9(12(13)19)8-11(10)18-2/h4-5,8,14H,3,6-7H2,1-2H3,(H2,13,19). The zero-order chi connectivity index (χ0) is 15.2. The predicted molar refractivity (Wildman–Crippen MR) is 82.8 cm³/mol. The molecule has 0 bridgehead atoms. The minimum Gasteiger partial charge on any atom is -0.495 e. The van der Waals surface area contributed by atoms with Crippen LogP contribution in [-0.4, -0.2) is 40.0 Å². The van der Waals surface area contributed by atoms with E-state index in [1.807, 2.05) is 0 Å². The second kappa shape index (κ2) is 7.41. The van der Waals surface area contributed by atoms with E-state index < -0.39 is 10.0 Å². The molecule has 1 rings (SSSR count). The number of thiocarbonyl (C=S) groups is 1. The Morgan fingerprint density at radius 2 is 2.10 bits per heavy atom. The zero-order valence-corrected chi connectivity index (χ0v) is 13.0. The van der Waals surface area contributed by atoms with Crippen LogP contribution in [0.1, 0.15) is 12.0 Å². The fourth-order valence-corrected chi connectivity index (χ4v) is 2.77. The molecule has 0 aliphatic carbocycles. The third kappa shape index (κ3) is 4.95. The largest absolute Gasteiger partial charge is 0.495 e. The summed E-state index contributed by atoms with van der Waals surface area (Å²) >= 11 is 4.86. The Morgan fingerprint density at radius 3 is 2.65 bits per heavy atom. The van der Waals surface area contributed by atoms with Crippen LogP contribution < -0.4 is 15.2 Å².